The molecule has 0 nitrogen and oxygen atoms in total. The van der Waals surface area contributed by atoms with E-state index < -0.39 is 6.85 Å². The summed E-state index contributed by atoms with van der Waals surface area (Å²) >= 11 is 1.69. The van der Waals surface area contributed by atoms with Gasteiger partial charge in [0.2, 0.25) is 0 Å². The molecule has 282 valence electrons. The number of benzene rings is 9. The standard InChI is InChI=1S/C58H44S/c1-39-33-38-48-57(59-49-32-20-19-31-47(49)58(48,2)3)50(39)45-34-36-46(37-35-45)56-54(43-27-15-7-16-28-43)52(41-23-11-5-12-24-41)51(40-21-9-4-10-22-40)53(42-25-13-6-14-26-42)55(56)44-29-17-8-18-30-44/h4-38H,1-3H3/i1D3. The van der Waals surface area contributed by atoms with Crippen LogP contribution >= 0.6 is 11.8 Å². The number of aryl methyl sites for hydroxylation is 1. The van der Waals surface area contributed by atoms with Crippen molar-refractivity contribution in [1.82, 2.24) is 0 Å². The summed E-state index contributed by atoms with van der Waals surface area (Å²) in [6.45, 7) is 2.18. The Labute approximate surface area is 357 Å². The van der Waals surface area contributed by atoms with Gasteiger partial charge < -0.3 is 0 Å². The lowest BCUT2D eigenvalue weighted by atomic mass is 9.74. The summed E-state index contributed by atoms with van der Waals surface area (Å²) in [5.41, 5.74) is 17.6. The molecule has 59 heavy (non-hydrogen) atoms. The third-order valence-electron chi connectivity index (χ3n) is 11.9. The maximum atomic E-state index is 8.77. The van der Waals surface area contributed by atoms with Gasteiger partial charge in [0.25, 0.3) is 0 Å². The fraction of sp³-hybridized carbons (Fsp3) is 0.0690. The van der Waals surface area contributed by atoms with Crippen molar-refractivity contribution >= 4 is 11.8 Å². The lowest BCUT2D eigenvalue weighted by Gasteiger charge is -2.36. The molecule has 0 saturated carbocycles. The van der Waals surface area contributed by atoms with Gasteiger partial charge in [0, 0.05) is 19.3 Å². The van der Waals surface area contributed by atoms with E-state index in [1.54, 1.807) is 11.8 Å². The molecule has 0 saturated heterocycles. The Balaban J connectivity index is 1.33. The zero-order valence-corrected chi connectivity index (χ0v) is 33.9. The molecule has 0 spiro atoms. The van der Waals surface area contributed by atoms with Crippen molar-refractivity contribution < 1.29 is 4.11 Å². The van der Waals surface area contributed by atoms with Crippen LogP contribution in [-0.2, 0) is 5.41 Å². The van der Waals surface area contributed by atoms with Crippen LogP contribution in [0.5, 0.6) is 0 Å². The van der Waals surface area contributed by atoms with Gasteiger partial charge in [-0.05, 0) is 107 Å². The van der Waals surface area contributed by atoms with Crippen LogP contribution < -0.4 is 0 Å². The van der Waals surface area contributed by atoms with Crippen molar-refractivity contribution in [3.8, 4) is 77.9 Å². The van der Waals surface area contributed by atoms with Crippen molar-refractivity contribution in [3.05, 3.63) is 229 Å². The largest absolute Gasteiger partial charge is 0.0888 e. The number of hydrogen-bond acceptors (Lipinski definition) is 1. The van der Waals surface area contributed by atoms with E-state index in [0.29, 0.717) is 5.56 Å². The molecule has 1 aliphatic rings. The second-order valence-corrected chi connectivity index (χ2v) is 16.8. The Hall–Kier alpha value is -6.67. The lowest BCUT2D eigenvalue weighted by Crippen LogP contribution is -2.24. The Morgan fingerprint density at radius 3 is 1.02 bits per heavy atom. The van der Waals surface area contributed by atoms with E-state index in [1.807, 2.05) is 12.1 Å². The van der Waals surface area contributed by atoms with E-state index in [0.717, 1.165) is 87.7 Å². The fourth-order valence-electron chi connectivity index (χ4n) is 9.10. The highest BCUT2D eigenvalue weighted by atomic mass is 32.2. The number of fused-ring (bicyclic) bond motifs is 2. The van der Waals surface area contributed by atoms with Gasteiger partial charge in [0.1, 0.15) is 0 Å². The van der Waals surface area contributed by atoms with Crippen molar-refractivity contribution in [1.29, 1.82) is 0 Å². The molecule has 0 radical (unpaired) electrons. The third kappa shape index (κ3) is 6.43. The second kappa shape index (κ2) is 15.3. The van der Waals surface area contributed by atoms with Crippen LogP contribution in [0, 0.1) is 6.85 Å². The summed E-state index contributed by atoms with van der Waals surface area (Å²) in [5, 5.41) is 0. The summed E-state index contributed by atoms with van der Waals surface area (Å²) in [5.74, 6) is 0. The Morgan fingerprint density at radius 2 is 0.644 bits per heavy atom. The molecule has 9 aromatic rings. The van der Waals surface area contributed by atoms with Crippen LogP contribution in [0.25, 0.3) is 77.9 Å². The van der Waals surface area contributed by atoms with Gasteiger partial charge in [-0.15, -0.1) is 0 Å². The number of hydrogen-bond donors (Lipinski definition) is 0. The molecular weight excluding hydrogens is 729 g/mol. The van der Waals surface area contributed by atoms with Gasteiger partial charge in [-0.3, -0.25) is 0 Å². The quantitative estimate of drug-likeness (QED) is 0.155. The predicted molar refractivity (Wildman–Crippen MR) is 252 cm³/mol. The van der Waals surface area contributed by atoms with Crippen LogP contribution in [0.2, 0.25) is 0 Å². The second-order valence-electron chi connectivity index (χ2n) is 15.7. The van der Waals surface area contributed by atoms with E-state index in [9.17, 15) is 0 Å². The summed E-state index contributed by atoms with van der Waals surface area (Å²) in [6, 6.07) is 75.0. The van der Waals surface area contributed by atoms with Gasteiger partial charge >= 0.3 is 0 Å². The van der Waals surface area contributed by atoms with Crippen LogP contribution in [0.4, 0.5) is 0 Å². The van der Waals surface area contributed by atoms with E-state index in [1.165, 1.54) is 11.1 Å². The molecule has 0 bridgehead atoms. The summed E-state index contributed by atoms with van der Waals surface area (Å²) in [4.78, 5) is 2.17. The van der Waals surface area contributed by atoms with Crippen LogP contribution in [0.1, 0.15) is 34.7 Å². The monoisotopic (exact) mass is 775 g/mol. The summed E-state index contributed by atoms with van der Waals surface area (Å²) in [7, 11) is 0. The third-order valence-corrected chi connectivity index (χ3v) is 13.1. The molecule has 0 N–H and O–H groups in total. The molecule has 1 heteroatoms. The molecule has 9 aromatic carbocycles. The van der Waals surface area contributed by atoms with Gasteiger partial charge in [-0.25, -0.2) is 0 Å². The average molecular weight is 776 g/mol. The van der Waals surface area contributed by atoms with Crippen molar-refractivity contribution in [2.45, 2.75) is 35.9 Å². The molecule has 0 aromatic heterocycles. The van der Waals surface area contributed by atoms with Crippen molar-refractivity contribution in [3.63, 3.8) is 0 Å². The van der Waals surface area contributed by atoms with Crippen LogP contribution in [0.3, 0.4) is 0 Å². The molecule has 0 aliphatic carbocycles. The Bertz CT molecular complexity index is 2940. The number of rotatable bonds is 7. The highest BCUT2D eigenvalue weighted by molar-refractivity contribution is 7.99. The van der Waals surface area contributed by atoms with Crippen molar-refractivity contribution in [2.24, 2.45) is 0 Å². The smallest absolute Gasteiger partial charge is 0.0280 e. The summed E-state index contributed by atoms with van der Waals surface area (Å²) < 4.78 is 26.3. The zero-order chi connectivity index (χ0) is 42.4. The zero-order valence-electron chi connectivity index (χ0n) is 36.1. The molecule has 0 fully saturated rings. The Kier molecular flexibility index (Phi) is 8.61. The van der Waals surface area contributed by atoms with E-state index in [4.69, 9.17) is 4.11 Å². The molecule has 1 aliphatic heterocycles. The first-order chi connectivity index (χ1) is 30.2. The van der Waals surface area contributed by atoms with Gasteiger partial charge in [0.05, 0.1) is 0 Å². The van der Waals surface area contributed by atoms with E-state index in [-0.39, 0.29) is 5.41 Å². The maximum absolute atomic E-state index is 8.77. The predicted octanol–water partition coefficient (Wildman–Crippen LogP) is 16.5. The highest BCUT2D eigenvalue weighted by Crippen LogP contribution is 2.57. The maximum Gasteiger partial charge on any atom is 0.0280 e. The van der Waals surface area contributed by atoms with Gasteiger partial charge in [0.15, 0.2) is 0 Å². The minimum absolute atomic E-state index is 0.309. The molecule has 0 amide bonds. The molecule has 1 heterocycles. The molecule has 0 atom stereocenters. The minimum Gasteiger partial charge on any atom is -0.0888 e. The minimum atomic E-state index is -2.31. The molecular formula is C58H44S. The van der Waals surface area contributed by atoms with Gasteiger partial charge in [-0.2, -0.15) is 0 Å². The molecule has 0 unspecified atom stereocenters. The first-order valence-electron chi connectivity index (χ1n) is 21.8. The first kappa shape index (κ1) is 33.3. The molecule has 10 rings (SSSR count). The van der Waals surface area contributed by atoms with Crippen molar-refractivity contribution in [2.75, 3.05) is 0 Å². The van der Waals surface area contributed by atoms with E-state index >= 15 is 0 Å². The Morgan fingerprint density at radius 1 is 0.322 bits per heavy atom. The normalized spacial score (nSPS) is 13.7. The van der Waals surface area contributed by atoms with Gasteiger partial charge in [-0.1, -0.05) is 232 Å². The van der Waals surface area contributed by atoms with Crippen LogP contribution in [-0.4, -0.2) is 0 Å². The SMILES string of the molecule is [2H]C([2H])([2H])c1ccc2c(c1-c1ccc(-c3c(-c4ccccc4)c(-c4ccccc4)c(-c4ccccc4)c(-c4ccccc4)c3-c3ccccc3)cc1)Sc1ccccc1C2(C)C. The summed E-state index contributed by atoms with van der Waals surface area (Å²) in [6.07, 6.45) is 0. The first-order valence-corrected chi connectivity index (χ1v) is 21.1. The average Bonchev–Trinajstić information content (AvgIpc) is 3.31. The lowest BCUT2D eigenvalue weighted by molar-refractivity contribution is 0.607. The highest BCUT2D eigenvalue weighted by Gasteiger charge is 2.35. The fourth-order valence-corrected chi connectivity index (χ4v) is 10.7. The topological polar surface area (TPSA) is 0 Å². The van der Waals surface area contributed by atoms with E-state index in [2.05, 4.69) is 214 Å². The van der Waals surface area contributed by atoms with Crippen LogP contribution in [0.15, 0.2) is 222 Å².